The summed E-state index contributed by atoms with van der Waals surface area (Å²) in [6.07, 6.45) is 3.62. The third-order valence-electron chi connectivity index (χ3n) is 5.95. The number of likely N-dealkylation sites (N-methyl/N-ethyl adjacent to an activating group) is 1. The molecule has 36 heavy (non-hydrogen) atoms. The van der Waals surface area contributed by atoms with Crippen molar-refractivity contribution in [2.24, 2.45) is 0 Å². The summed E-state index contributed by atoms with van der Waals surface area (Å²) in [7, 11) is -3.68. The first-order valence-corrected chi connectivity index (χ1v) is 14.1. The monoisotopic (exact) mass is 540 g/mol. The van der Waals surface area contributed by atoms with Crippen molar-refractivity contribution in [3.05, 3.63) is 71.3 Å². The fourth-order valence-corrected chi connectivity index (χ4v) is 6.91. The number of hydrogen-bond donors (Lipinski definition) is 0. The molecule has 2 fully saturated rings. The van der Waals surface area contributed by atoms with Crippen LogP contribution in [-0.2, 0) is 19.6 Å². The second-order valence-electron chi connectivity index (χ2n) is 8.18. The van der Waals surface area contributed by atoms with E-state index in [1.807, 2.05) is 49.5 Å². The highest BCUT2D eigenvalue weighted by Gasteiger charge is 2.31. The first kappa shape index (κ1) is 24.8. The summed E-state index contributed by atoms with van der Waals surface area (Å²) in [6.45, 7) is 3.77. The molecule has 0 radical (unpaired) electrons. The lowest BCUT2D eigenvalue weighted by Gasteiger charge is -2.26. The third-order valence-corrected chi connectivity index (χ3v) is 9.23. The highest BCUT2D eigenvalue weighted by atomic mass is 32.2. The number of ether oxygens (including phenoxy) is 1. The first-order valence-electron chi connectivity index (χ1n) is 11.5. The highest BCUT2D eigenvalue weighted by molar-refractivity contribution is 8.26. The minimum atomic E-state index is -3.68. The lowest BCUT2D eigenvalue weighted by molar-refractivity contribution is -0.121. The van der Waals surface area contributed by atoms with Crippen LogP contribution in [0.2, 0.25) is 0 Å². The van der Waals surface area contributed by atoms with Crippen LogP contribution in [0.1, 0.15) is 12.5 Å². The van der Waals surface area contributed by atoms with Crippen LogP contribution in [-0.4, -0.2) is 70.5 Å². The second kappa shape index (κ2) is 10.3. The molecule has 5 rings (SSSR count). The van der Waals surface area contributed by atoms with E-state index in [0.717, 1.165) is 5.69 Å². The Bertz CT molecular complexity index is 1440. The molecular formula is C25H24N4O4S3. The van der Waals surface area contributed by atoms with Crippen molar-refractivity contribution in [3.63, 3.8) is 0 Å². The summed E-state index contributed by atoms with van der Waals surface area (Å²) in [5.41, 5.74) is 2.74. The summed E-state index contributed by atoms with van der Waals surface area (Å²) in [5.74, 6) is -0.144. The zero-order chi connectivity index (χ0) is 25.3. The van der Waals surface area contributed by atoms with E-state index in [4.69, 9.17) is 22.1 Å². The van der Waals surface area contributed by atoms with Crippen LogP contribution in [0.4, 0.5) is 0 Å². The molecule has 8 nitrogen and oxygen atoms in total. The Balaban J connectivity index is 1.60. The number of thiocarbonyl (C=S) groups is 1. The number of morpholine rings is 1. The summed E-state index contributed by atoms with van der Waals surface area (Å²) in [4.78, 5) is 15.1. The number of carbonyl (C=O) groups is 1. The van der Waals surface area contributed by atoms with Crippen molar-refractivity contribution in [3.8, 4) is 16.9 Å². The lowest BCUT2D eigenvalue weighted by atomic mass is 10.1. The topological polar surface area (TPSA) is 84.7 Å². The van der Waals surface area contributed by atoms with Gasteiger partial charge in [0.1, 0.15) is 10.0 Å². The van der Waals surface area contributed by atoms with Gasteiger partial charge in [-0.25, -0.2) is 13.1 Å². The molecule has 0 aliphatic carbocycles. The van der Waals surface area contributed by atoms with Gasteiger partial charge >= 0.3 is 0 Å². The van der Waals surface area contributed by atoms with E-state index < -0.39 is 10.0 Å². The number of amides is 1. The van der Waals surface area contributed by atoms with Gasteiger partial charge in [-0.05, 0) is 37.3 Å². The number of sulfonamides is 1. The maximum Gasteiger partial charge on any atom is 0.266 e. The highest BCUT2D eigenvalue weighted by Crippen LogP contribution is 2.35. The average molecular weight is 541 g/mol. The molecule has 1 amide bonds. The molecule has 3 aromatic rings. The molecule has 0 bridgehead atoms. The van der Waals surface area contributed by atoms with Crippen molar-refractivity contribution in [2.45, 2.75) is 11.8 Å². The Kier molecular flexibility index (Phi) is 7.09. The number of carbonyl (C=O) groups excluding carboxylic acids is 1. The Morgan fingerprint density at radius 1 is 1.11 bits per heavy atom. The predicted octanol–water partition coefficient (Wildman–Crippen LogP) is 3.78. The number of rotatable bonds is 6. The number of benzene rings is 2. The zero-order valence-electron chi connectivity index (χ0n) is 19.5. The standard InChI is InChI=1S/C25H24N4O4S3/c1-2-28-24(30)22(35-25(28)34)16-19-17-29(20-8-4-3-5-9-20)26-23(19)18-7-6-10-21(15-18)36(31,32)27-11-13-33-14-12-27/h3-10,15-17H,2,11-14H2,1H3/b22-16-. The predicted molar refractivity (Wildman–Crippen MR) is 144 cm³/mol. The molecular weight excluding hydrogens is 517 g/mol. The van der Waals surface area contributed by atoms with Gasteiger partial charge in [0, 0.05) is 37.0 Å². The summed E-state index contributed by atoms with van der Waals surface area (Å²) in [5, 5.41) is 4.79. The van der Waals surface area contributed by atoms with Crippen molar-refractivity contribution < 1.29 is 17.9 Å². The average Bonchev–Trinajstić information content (AvgIpc) is 3.45. The summed E-state index contributed by atoms with van der Waals surface area (Å²) >= 11 is 6.62. The van der Waals surface area contributed by atoms with E-state index in [9.17, 15) is 13.2 Å². The van der Waals surface area contributed by atoms with Crippen LogP contribution in [0, 0.1) is 0 Å². The lowest BCUT2D eigenvalue weighted by Crippen LogP contribution is -2.40. The molecule has 1 aromatic heterocycles. The number of aromatic nitrogens is 2. The van der Waals surface area contributed by atoms with Gasteiger partial charge in [-0.1, -0.05) is 54.3 Å². The van der Waals surface area contributed by atoms with Crippen molar-refractivity contribution >= 4 is 50.3 Å². The van der Waals surface area contributed by atoms with E-state index >= 15 is 0 Å². The van der Waals surface area contributed by atoms with Crippen molar-refractivity contribution in [1.82, 2.24) is 19.0 Å². The molecule has 0 N–H and O–H groups in total. The van der Waals surface area contributed by atoms with E-state index in [2.05, 4.69) is 0 Å². The number of hydrogen-bond acceptors (Lipinski definition) is 7. The van der Waals surface area contributed by atoms with Gasteiger partial charge in [0.2, 0.25) is 10.0 Å². The molecule has 2 saturated heterocycles. The number of thioether (sulfide) groups is 1. The summed E-state index contributed by atoms with van der Waals surface area (Å²) in [6, 6.07) is 16.4. The second-order valence-corrected chi connectivity index (χ2v) is 11.8. The van der Waals surface area contributed by atoms with Crippen molar-refractivity contribution in [1.29, 1.82) is 0 Å². The molecule has 186 valence electrons. The first-order chi connectivity index (χ1) is 17.4. The van der Waals surface area contributed by atoms with E-state index in [0.29, 0.717) is 58.9 Å². The largest absolute Gasteiger partial charge is 0.379 e. The molecule has 2 aliphatic heterocycles. The van der Waals surface area contributed by atoms with E-state index in [1.165, 1.54) is 16.1 Å². The van der Waals surface area contributed by atoms with Crippen LogP contribution >= 0.6 is 24.0 Å². The SMILES string of the molecule is CCN1C(=O)/C(=C/c2cn(-c3ccccc3)nc2-c2cccc(S(=O)(=O)N3CCOCC3)c2)SC1=S. The van der Waals surface area contributed by atoms with Gasteiger partial charge in [0.25, 0.3) is 5.91 Å². The number of nitrogens with zero attached hydrogens (tertiary/aromatic N) is 4. The van der Waals surface area contributed by atoms with Gasteiger partial charge in [-0.2, -0.15) is 9.40 Å². The van der Waals surface area contributed by atoms with E-state index in [-0.39, 0.29) is 10.8 Å². The molecule has 2 aromatic carbocycles. The minimum absolute atomic E-state index is 0.144. The fourth-order valence-electron chi connectivity index (χ4n) is 4.08. The normalized spacial score (nSPS) is 18.4. The fraction of sp³-hybridized carbons (Fsp3) is 0.240. The van der Waals surface area contributed by atoms with Gasteiger partial charge in [0.05, 0.1) is 28.7 Å². The number of para-hydroxylation sites is 1. The Hall–Kier alpha value is -2.83. The van der Waals surface area contributed by atoms with Crippen LogP contribution in [0.5, 0.6) is 0 Å². The molecule has 0 unspecified atom stereocenters. The molecule has 0 saturated carbocycles. The Morgan fingerprint density at radius 3 is 2.56 bits per heavy atom. The molecule has 0 atom stereocenters. The van der Waals surface area contributed by atoms with Crippen LogP contribution < -0.4 is 0 Å². The van der Waals surface area contributed by atoms with Crippen LogP contribution in [0.15, 0.2) is 70.6 Å². The van der Waals surface area contributed by atoms with Crippen LogP contribution in [0.25, 0.3) is 23.0 Å². The minimum Gasteiger partial charge on any atom is -0.379 e. The Labute approximate surface area is 219 Å². The molecule has 2 aliphatic rings. The van der Waals surface area contributed by atoms with Gasteiger partial charge in [-0.3, -0.25) is 9.69 Å². The Morgan fingerprint density at radius 2 is 1.86 bits per heavy atom. The van der Waals surface area contributed by atoms with Gasteiger partial charge in [0.15, 0.2) is 0 Å². The third kappa shape index (κ3) is 4.76. The van der Waals surface area contributed by atoms with E-state index in [1.54, 1.807) is 33.9 Å². The summed E-state index contributed by atoms with van der Waals surface area (Å²) < 4.78 is 35.5. The smallest absolute Gasteiger partial charge is 0.266 e. The van der Waals surface area contributed by atoms with Gasteiger partial charge < -0.3 is 4.74 Å². The molecule has 3 heterocycles. The quantitative estimate of drug-likeness (QED) is 0.348. The molecule has 11 heteroatoms. The maximum absolute atomic E-state index is 13.3. The zero-order valence-corrected chi connectivity index (χ0v) is 22.0. The van der Waals surface area contributed by atoms with Gasteiger partial charge in [-0.15, -0.1) is 0 Å². The maximum atomic E-state index is 13.3. The van der Waals surface area contributed by atoms with Crippen molar-refractivity contribution in [2.75, 3.05) is 32.8 Å². The van der Waals surface area contributed by atoms with Crippen LogP contribution in [0.3, 0.4) is 0 Å². The molecule has 0 spiro atoms.